The number of aryl methyl sites for hydroxylation is 1. The highest BCUT2D eigenvalue weighted by molar-refractivity contribution is 7.92. The molecule has 0 saturated carbocycles. The van der Waals surface area contributed by atoms with Crippen LogP contribution in [0.3, 0.4) is 0 Å². The van der Waals surface area contributed by atoms with Gasteiger partial charge in [-0.25, -0.2) is 21.6 Å². The minimum absolute atomic E-state index is 0.0233. The Bertz CT molecular complexity index is 1160. The third-order valence-corrected chi connectivity index (χ3v) is 9.32. The molecule has 0 aliphatic rings. The lowest BCUT2D eigenvalue weighted by Crippen LogP contribution is -2.31. The third-order valence-electron chi connectivity index (χ3n) is 4.05. The average molecular weight is 457 g/mol. The highest BCUT2D eigenvalue weighted by atomic mass is 35.5. The molecule has 1 atom stereocenters. The standard InChI is InChI=1S/C18H17ClN2O4S3/c1-13-4-6-15(7-5-13)27(22,23)16(14-3-2-10-20-11-14)12-21-28(24,25)18-9-8-17(19)26-18/h2-11,16,21H,12H2,1H3. The predicted octanol–water partition coefficient (Wildman–Crippen LogP) is 3.60. The lowest BCUT2D eigenvalue weighted by Gasteiger charge is -2.18. The van der Waals surface area contributed by atoms with Gasteiger partial charge >= 0.3 is 0 Å². The van der Waals surface area contributed by atoms with E-state index in [-0.39, 0.29) is 15.6 Å². The van der Waals surface area contributed by atoms with Crippen molar-refractivity contribution in [3.63, 3.8) is 0 Å². The number of hydrogen-bond donors (Lipinski definition) is 1. The second kappa shape index (κ2) is 8.30. The molecule has 1 aromatic carbocycles. The molecular formula is C18H17ClN2O4S3. The van der Waals surface area contributed by atoms with Gasteiger partial charge in [-0.15, -0.1) is 11.3 Å². The maximum atomic E-state index is 13.2. The molecule has 1 N–H and O–H groups in total. The van der Waals surface area contributed by atoms with Crippen LogP contribution >= 0.6 is 22.9 Å². The van der Waals surface area contributed by atoms with Crippen molar-refractivity contribution in [2.45, 2.75) is 21.3 Å². The lowest BCUT2D eigenvalue weighted by atomic mass is 10.2. The van der Waals surface area contributed by atoms with Crippen LogP contribution in [-0.4, -0.2) is 28.4 Å². The maximum absolute atomic E-state index is 13.2. The van der Waals surface area contributed by atoms with Gasteiger partial charge in [0.05, 0.1) is 9.23 Å². The second-order valence-electron chi connectivity index (χ2n) is 6.04. The highest BCUT2D eigenvalue weighted by Crippen LogP contribution is 2.30. The molecule has 0 aliphatic heterocycles. The topological polar surface area (TPSA) is 93.2 Å². The number of aromatic nitrogens is 1. The third kappa shape index (κ3) is 4.61. The number of halogens is 1. The molecule has 28 heavy (non-hydrogen) atoms. The number of nitrogens with zero attached hydrogens (tertiary/aromatic N) is 1. The summed E-state index contributed by atoms with van der Waals surface area (Å²) in [7, 11) is -7.75. The summed E-state index contributed by atoms with van der Waals surface area (Å²) in [5.41, 5.74) is 1.32. The van der Waals surface area contributed by atoms with Gasteiger partial charge in [-0.2, -0.15) is 0 Å². The lowest BCUT2D eigenvalue weighted by molar-refractivity contribution is 0.569. The van der Waals surface area contributed by atoms with Gasteiger partial charge in [-0.05, 0) is 42.8 Å². The number of hydrogen-bond acceptors (Lipinski definition) is 6. The fraction of sp³-hybridized carbons (Fsp3) is 0.167. The molecule has 0 saturated heterocycles. The van der Waals surface area contributed by atoms with Gasteiger partial charge in [0.2, 0.25) is 10.0 Å². The highest BCUT2D eigenvalue weighted by Gasteiger charge is 2.31. The normalized spacial score (nSPS) is 13.4. The van der Waals surface area contributed by atoms with Crippen LogP contribution in [0, 0.1) is 6.92 Å². The molecule has 6 nitrogen and oxygen atoms in total. The molecular weight excluding hydrogens is 440 g/mol. The van der Waals surface area contributed by atoms with Crippen LogP contribution in [0.4, 0.5) is 0 Å². The number of pyridine rings is 1. The van der Waals surface area contributed by atoms with Crippen LogP contribution in [0.15, 0.2) is 70.0 Å². The van der Waals surface area contributed by atoms with Crippen LogP contribution in [0.5, 0.6) is 0 Å². The van der Waals surface area contributed by atoms with Crippen molar-refractivity contribution in [2.24, 2.45) is 0 Å². The molecule has 0 aliphatic carbocycles. The molecule has 2 aromatic heterocycles. The Kier molecular flexibility index (Phi) is 6.21. The summed E-state index contributed by atoms with van der Waals surface area (Å²) >= 11 is 6.71. The van der Waals surface area contributed by atoms with Crippen molar-refractivity contribution in [3.05, 3.63) is 76.4 Å². The number of sulfone groups is 1. The Labute approximate surface area is 173 Å². The van der Waals surface area contributed by atoms with Crippen molar-refractivity contribution in [3.8, 4) is 0 Å². The van der Waals surface area contributed by atoms with E-state index in [9.17, 15) is 16.8 Å². The van der Waals surface area contributed by atoms with Crippen molar-refractivity contribution in [1.82, 2.24) is 9.71 Å². The first-order chi connectivity index (χ1) is 13.2. The smallest absolute Gasteiger partial charge is 0.250 e. The molecule has 0 amide bonds. The molecule has 148 valence electrons. The molecule has 0 fully saturated rings. The zero-order valence-electron chi connectivity index (χ0n) is 14.7. The first kappa shape index (κ1) is 20.9. The van der Waals surface area contributed by atoms with E-state index < -0.39 is 25.1 Å². The fourth-order valence-corrected chi connectivity index (χ4v) is 6.89. The number of thiophene rings is 1. The summed E-state index contributed by atoms with van der Waals surface area (Å²) in [6.45, 7) is 1.52. The summed E-state index contributed by atoms with van der Waals surface area (Å²) in [4.78, 5) is 4.09. The van der Waals surface area contributed by atoms with Crippen molar-refractivity contribution < 1.29 is 16.8 Å². The van der Waals surface area contributed by atoms with E-state index in [2.05, 4.69) is 9.71 Å². The van der Waals surface area contributed by atoms with Crippen LogP contribution in [-0.2, 0) is 19.9 Å². The van der Waals surface area contributed by atoms with Gasteiger partial charge in [0, 0.05) is 18.9 Å². The van der Waals surface area contributed by atoms with Gasteiger partial charge in [0.1, 0.15) is 9.46 Å². The number of rotatable bonds is 7. The van der Waals surface area contributed by atoms with Crippen molar-refractivity contribution >= 4 is 42.8 Å². The van der Waals surface area contributed by atoms with Gasteiger partial charge in [-0.3, -0.25) is 4.98 Å². The van der Waals surface area contributed by atoms with E-state index in [4.69, 9.17) is 11.6 Å². The number of nitrogens with one attached hydrogen (secondary N) is 1. The van der Waals surface area contributed by atoms with Crippen LogP contribution in [0.1, 0.15) is 16.4 Å². The Balaban J connectivity index is 1.95. The molecule has 10 heteroatoms. The molecule has 0 spiro atoms. The molecule has 2 heterocycles. The minimum Gasteiger partial charge on any atom is -0.264 e. The maximum Gasteiger partial charge on any atom is 0.250 e. The molecule has 1 unspecified atom stereocenters. The van der Waals surface area contributed by atoms with E-state index in [0.29, 0.717) is 9.90 Å². The van der Waals surface area contributed by atoms with Gasteiger partial charge in [-0.1, -0.05) is 35.4 Å². The van der Waals surface area contributed by atoms with Crippen LogP contribution in [0.25, 0.3) is 0 Å². The Morgan fingerprint density at radius 3 is 2.36 bits per heavy atom. The fourth-order valence-electron chi connectivity index (χ4n) is 2.56. The molecule has 3 rings (SSSR count). The van der Waals surface area contributed by atoms with Crippen molar-refractivity contribution in [1.29, 1.82) is 0 Å². The Morgan fingerprint density at radius 1 is 1.07 bits per heavy atom. The van der Waals surface area contributed by atoms with E-state index in [1.807, 2.05) is 6.92 Å². The molecule has 0 radical (unpaired) electrons. The largest absolute Gasteiger partial charge is 0.264 e. The van der Waals surface area contributed by atoms with Crippen LogP contribution < -0.4 is 4.72 Å². The summed E-state index contributed by atoms with van der Waals surface area (Å²) in [6.07, 6.45) is 2.95. The van der Waals surface area contributed by atoms with Gasteiger partial charge in [0.25, 0.3) is 0 Å². The monoisotopic (exact) mass is 456 g/mol. The second-order valence-corrected chi connectivity index (χ2v) is 11.9. The zero-order valence-corrected chi connectivity index (χ0v) is 17.9. The number of sulfonamides is 1. The summed E-state index contributed by atoms with van der Waals surface area (Å²) < 4.78 is 54.2. The van der Waals surface area contributed by atoms with Gasteiger partial charge in [0.15, 0.2) is 9.84 Å². The Hall–Kier alpha value is -1.78. The van der Waals surface area contributed by atoms with Gasteiger partial charge < -0.3 is 0 Å². The van der Waals surface area contributed by atoms with E-state index in [0.717, 1.165) is 16.9 Å². The minimum atomic E-state index is -3.89. The summed E-state index contributed by atoms with van der Waals surface area (Å²) in [5.74, 6) is 0. The Morgan fingerprint density at radius 2 is 1.79 bits per heavy atom. The average Bonchev–Trinajstić information content (AvgIpc) is 3.10. The zero-order chi connectivity index (χ0) is 20.4. The quantitative estimate of drug-likeness (QED) is 0.586. The summed E-state index contributed by atoms with van der Waals surface area (Å²) in [6, 6.07) is 12.5. The van der Waals surface area contributed by atoms with Crippen molar-refractivity contribution in [2.75, 3.05) is 6.54 Å². The first-order valence-corrected chi connectivity index (χ1v) is 12.4. The summed E-state index contributed by atoms with van der Waals surface area (Å²) in [5, 5.41) is -1.13. The SMILES string of the molecule is Cc1ccc(S(=O)(=O)C(CNS(=O)(=O)c2ccc(Cl)s2)c2cccnc2)cc1. The van der Waals surface area contributed by atoms with E-state index >= 15 is 0 Å². The first-order valence-electron chi connectivity index (χ1n) is 8.15. The van der Waals surface area contributed by atoms with E-state index in [1.54, 1.807) is 24.3 Å². The van der Waals surface area contributed by atoms with E-state index in [1.165, 1.54) is 36.7 Å². The molecule has 0 bridgehead atoms. The predicted molar refractivity (Wildman–Crippen MR) is 110 cm³/mol. The molecule has 3 aromatic rings. The number of benzene rings is 1. The van der Waals surface area contributed by atoms with Crippen LogP contribution in [0.2, 0.25) is 4.34 Å².